The number of nitrogen functional groups attached to an aromatic ring is 1. The molecule has 0 aromatic heterocycles. The molecule has 0 heterocycles. The average Bonchev–Trinajstić information content (AvgIpc) is 2.38. The van der Waals surface area contributed by atoms with Crippen LogP contribution in [-0.2, 0) is 0 Å². The number of nitrogens with two attached hydrogens (primary N) is 1. The van der Waals surface area contributed by atoms with Gasteiger partial charge in [0.15, 0.2) is 5.75 Å². The summed E-state index contributed by atoms with van der Waals surface area (Å²) in [5.74, 6) is -1.17. The van der Waals surface area contributed by atoms with E-state index in [2.05, 4.69) is 4.74 Å². The number of alkyl halides is 3. The minimum absolute atomic E-state index is 0.0138. The molecule has 0 atom stereocenters. The van der Waals surface area contributed by atoms with Gasteiger partial charge in [-0.15, -0.1) is 13.2 Å². The Bertz CT molecular complexity index is 488. The van der Waals surface area contributed by atoms with Crippen molar-refractivity contribution >= 4 is 11.6 Å². The molecule has 1 aromatic carbocycles. The summed E-state index contributed by atoms with van der Waals surface area (Å²) in [6.45, 7) is -0.646. The lowest BCUT2D eigenvalue weighted by atomic mass is 10.1. The van der Waals surface area contributed by atoms with E-state index < -0.39 is 18.0 Å². The van der Waals surface area contributed by atoms with Crippen molar-refractivity contribution in [2.45, 2.75) is 6.36 Å². The van der Waals surface area contributed by atoms with Crippen LogP contribution in [0.4, 0.5) is 18.9 Å². The third-order valence-corrected chi connectivity index (χ3v) is 2.51. The molecular formula is C12H15F3N2O4. The van der Waals surface area contributed by atoms with Crippen molar-refractivity contribution in [2.24, 2.45) is 0 Å². The maximum atomic E-state index is 12.1. The molecule has 0 aliphatic carbocycles. The van der Waals surface area contributed by atoms with Crippen molar-refractivity contribution in [3.05, 3.63) is 23.8 Å². The van der Waals surface area contributed by atoms with Crippen LogP contribution in [0.3, 0.4) is 0 Å². The van der Waals surface area contributed by atoms with Gasteiger partial charge in [-0.25, -0.2) is 0 Å². The van der Waals surface area contributed by atoms with Gasteiger partial charge in [0.25, 0.3) is 5.91 Å². The first-order valence-corrected chi connectivity index (χ1v) is 5.94. The minimum atomic E-state index is -4.88. The molecule has 0 unspecified atom stereocenters. The number of hydrogen-bond acceptors (Lipinski definition) is 5. The largest absolute Gasteiger partial charge is 0.573 e. The van der Waals surface area contributed by atoms with E-state index in [1.165, 1.54) is 0 Å². The van der Waals surface area contributed by atoms with Crippen molar-refractivity contribution in [3.63, 3.8) is 0 Å². The molecule has 0 aliphatic rings. The topological polar surface area (TPSA) is 96.0 Å². The van der Waals surface area contributed by atoms with Gasteiger partial charge in [-0.05, 0) is 18.2 Å². The monoisotopic (exact) mass is 308 g/mol. The van der Waals surface area contributed by atoms with E-state index in [9.17, 15) is 18.0 Å². The molecule has 0 radical (unpaired) electrons. The number of aliphatic hydroxyl groups excluding tert-OH is 2. The highest BCUT2D eigenvalue weighted by Crippen LogP contribution is 2.29. The number of ether oxygens (including phenoxy) is 1. The standard InChI is InChI=1S/C12H15F3N2O4/c13-12(14,15)21-10-2-1-8(7-9(10)16)11(20)17(3-5-18)4-6-19/h1-2,7,18-19H,3-6,16H2. The number of benzene rings is 1. The zero-order valence-electron chi connectivity index (χ0n) is 10.9. The van der Waals surface area contributed by atoms with Crippen LogP contribution >= 0.6 is 0 Å². The molecule has 0 spiro atoms. The van der Waals surface area contributed by atoms with Crippen LogP contribution in [0.2, 0.25) is 0 Å². The number of rotatable bonds is 6. The van der Waals surface area contributed by atoms with Crippen molar-refractivity contribution in [3.8, 4) is 5.75 Å². The fraction of sp³-hybridized carbons (Fsp3) is 0.417. The normalized spacial score (nSPS) is 11.3. The Morgan fingerprint density at radius 3 is 2.24 bits per heavy atom. The van der Waals surface area contributed by atoms with E-state index in [4.69, 9.17) is 15.9 Å². The fourth-order valence-corrected chi connectivity index (χ4v) is 1.64. The lowest BCUT2D eigenvalue weighted by Crippen LogP contribution is -2.35. The molecule has 9 heteroatoms. The smallest absolute Gasteiger partial charge is 0.404 e. The summed E-state index contributed by atoms with van der Waals surface area (Å²) in [6, 6.07) is 3.11. The molecule has 0 aliphatic heterocycles. The zero-order chi connectivity index (χ0) is 16.0. The molecule has 0 bridgehead atoms. The molecule has 1 amide bonds. The first-order chi connectivity index (χ1) is 9.78. The van der Waals surface area contributed by atoms with Crippen LogP contribution in [0.25, 0.3) is 0 Å². The van der Waals surface area contributed by atoms with Gasteiger partial charge in [0.05, 0.1) is 18.9 Å². The van der Waals surface area contributed by atoms with Crippen molar-refractivity contribution in [2.75, 3.05) is 32.0 Å². The van der Waals surface area contributed by atoms with Crippen molar-refractivity contribution in [1.82, 2.24) is 4.90 Å². The number of nitrogens with zero attached hydrogens (tertiary/aromatic N) is 1. The predicted molar refractivity (Wildman–Crippen MR) is 67.6 cm³/mol. The Morgan fingerprint density at radius 2 is 1.81 bits per heavy atom. The van der Waals surface area contributed by atoms with Gasteiger partial charge in [-0.3, -0.25) is 4.79 Å². The lowest BCUT2D eigenvalue weighted by molar-refractivity contribution is -0.274. The van der Waals surface area contributed by atoms with Gasteiger partial charge < -0.3 is 25.6 Å². The van der Waals surface area contributed by atoms with Gasteiger partial charge in [-0.2, -0.15) is 0 Å². The first-order valence-electron chi connectivity index (χ1n) is 5.94. The molecule has 6 nitrogen and oxygen atoms in total. The number of carbonyl (C=O) groups excluding carboxylic acids is 1. The minimum Gasteiger partial charge on any atom is -0.404 e. The molecule has 118 valence electrons. The van der Waals surface area contributed by atoms with Gasteiger partial charge in [0.1, 0.15) is 0 Å². The second-order valence-corrected chi connectivity index (χ2v) is 4.04. The second-order valence-electron chi connectivity index (χ2n) is 4.04. The first kappa shape index (κ1) is 17.1. The Balaban J connectivity index is 2.93. The summed E-state index contributed by atoms with van der Waals surface area (Å²) in [7, 11) is 0. The lowest BCUT2D eigenvalue weighted by Gasteiger charge is -2.21. The fourth-order valence-electron chi connectivity index (χ4n) is 1.64. The predicted octanol–water partition coefficient (Wildman–Crippen LogP) is 0.594. The van der Waals surface area contributed by atoms with Crippen molar-refractivity contribution in [1.29, 1.82) is 0 Å². The second kappa shape index (κ2) is 7.14. The van der Waals surface area contributed by atoms with Crippen molar-refractivity contribution < 1.29 is 32.9 Å². The van der Waals surface area contributed by atoms with Crippen LogP contribution < -0.4 is 10.5 Å². The number of anilines is 1. The molecular weight excluding hydrogens is 293 g/mol. The number of hydrogen-bond donors (Lipinski definition) is 3. The zero-order valence-corrected chi connectivity index (χ0v) is 10.9. The van der Waals surface area contributed by atoms with E-state index >= 15 is 0 Å². The maximum absolute atomic E-state index is 12.1. The summed E-state index contributed by atoms with van der Waals surface area (Å²) < 4.78 is 40.0. The quantitative estimate of drug-likeness (QED) is 0.669. The van der Waals surface area contributed by atoms with Crippen LogP contribution in [-0.4, -0.2) is 53.7 Å². The maximum Gasteiger partial charge on any atom is 0.573 e. The summed E-state index contributed by atoms with van der Waals surface area (Å²) >= 11 is 0. The molecule has 21 heavy (non-hydrogen) atoms. The SMILES string of the molecule is Nc1cc(C(=O)N(CCO)CCO)ccc1OC(F)(F)F. The Kier molecular flexibility index (Phi) is 5.79. The molecule has 0 saturated heterocycles. The average molecular weight is 308 g/mol. The molecule has 1 aromatic rings. The van der Waals surface area contributed by atoms with E-state index in [0.717, 1.165) is 23.1 Å². The molecule has 0 fully saturated rings. The third kappa shape index (κ3) is 5.12. The van der Waals surface area contributed by atoms with Crippen LogP contribution in [0.15, 0.2) is 18.2 Å². The Hall–Kier alpha value is -2.00. The highest BCUT2D eigenvalue weighted by molar-refractivity contribution is 5.95. The number of carbonyl (C=O) groups is 1. The molecule has 0 saturated carbocycles. The van der Waals surface area contributed by atoms with Gasteiger partial charge in [0, 0.05) is 18.7 Å². The molecule has 1 rings (SSSR count). The summed E-state index contributed by atoms with van der Waals surface area (Å²) in [6.07, 6.45) is -4.88. The highest BCUT2D eigenvalue weighted by atomic mass is 19.4. The Morgan fingerprint density at radius 1 is 1.24 bits per heavy atom. The van der Waals surface area contributed by atoms with Crippen LogP contribution in [0.5, 0.6) is 5.75 Å². The summed E-state index contributed by atoms with van der Waals surface area (Å²) in [5.41, 5.74) is 5.11. The Labute approximate surface area is 118 Å². The van der Waals surface area contributed by atoms with E-state index in [-0.39, 0.29) is 37.6 Å². The number of aliphatic hydroxyl groups is 2. The number of halogens is 3. The van der Waals surface area contributed by atoms with E-state index in [1.807, 2.05) is 0 Å². The van der Waals surface area contributed by atoms with Crippen LogP contribution in [0.1, 0.15) is 10.4 Å². The number of amides is 1. The summed E-state index contributed by atoms with van der Waals surface area (Å²) in [4.78, 5) is 13.2. The highest BCUT2D eigenvalue weighted by Gasteiger charge is 2.32. The van der Waals surface area contributed by atoms with Gasteiger partial charge >= 0.3 is 6.36 Å². The van der Waals surface area contributed by atoms with Gasteiger partial charge in [0.2, 0.25) is 0 Å². The van der Waals surface area contributed by atoms with E-state index in [1.54, 1.807) is 0 Å². The van der Waals surface area contributed by atoms with Crippen LogP contribution in [0, 0.1) is 0 Å². The molecule has 4 N–H and O–H groups in total. The third-order valence-electron chi connectivity index (χ3n) is 2.51. The summed E-state index contributed by atoms with van der Waals surface area (Å²) in [5, 5.41) is 17.7. The van der Waals surface area contributed by atoms with E-state index in [0.29, 0.717) is 0 Å². The van der Waals surface area contributed by atoms with Gasteiger partial charge in [-0.1, -0.05) is 0 Å².